The van der Waals surface area contributed by atoms with E-state index in [1.165, 1.54) is 11.8 Å². The molecule has 0 aliphatic rings. The molecule has 2 rings (SSSR count). The number of carbonyl (C=O) groups is 1. The van der Waals surface area contributed by atoms with Gasteiger partial charge < -0.3 is 9.73 Å². The molecular weight excluding hydrogens is 274 g/mol. The van der Waals surface area contributed by atoms with Crippen molar-refractivity contribution in [2.24, 2.45) is 0 Å². The van der Waals surface area contributed by atoms with Crippen LogP contribution >= 0.6 is 11.8 Å². The summed E-state index contributed by atoms with van der Waals surface area (Å²) in [5.74, 6) is 0.791. The van der Waals surface area contributed by atoms with Crippen LogP contribution in [0.1, 0.15) is 17.0 Å². The monoisotopic (exact) mass is 287 g/mol. The van der Waals surface area contributed by atoms with Gasteiger partial charge in [-0.2, -0.15) is 5.26 Å². The summed E-state index contributed by atoms with van der Waals surface area (Å²) in [6, 6.07) is 9.13. The minimum atomic E-state index is -0.126. The van der Waals surface area contributed by atoms with E-state index < -0.39 is 0 Å². The molecule has 0 bridgehead atoms. The zero-order valence-electron chi connectivity index (χ0n) is 10.9. The number of nitriles is 1. The van der Waals surface area contributed by atoms with Crippen molar-refractivity contribution in [2.75, 3.05) is 5.75 Å². The molecule has 5 nitrogen and oxygen atoms in total. The molecular formula is C14H13N3O2S. The highest BCUT2D eigenvalue weighted by Gasteiger charge is 2.09. The van der Waals surface area contributed by atoms with Crippen LogP contribution in [-0.2, 0) is 11.3 Å². The van der Waals surface area contributed by atoms with Gasteiger partial charge in [-0.3, -0.25) is 4.79 Å². The number of nitrogens with zero attached hydrogens (tertiary/aromatic N) is 2. The molecule has 0 spiro atoms. The number of aryl methyl sites for hydroxylation is 1. The lowest BCUT2D eigenvalue weighted by atomic mass is 10.3. The lowest BCUT2D eigenvalue weighted by molar-refractivity contribution is -0.118. The molecule has 0 unspecified atom stereocenters. The molecule has 2 aromatic rings. The molecule has 1 amide bonds. The number of rotatable bonds is 5. The Labute approximate surface area is 121 Å². The van der Waals surface area contributed by atoms with Crippen molar-refractivity contribution in [3.8, 4) is 6.07 Å². The number of furan rings is 1. The summed E-state index contributed by atoms with van der Waals surface area (Å²) in [4.78, 5) is 16.0. The summed E-state index contributed by atoms with van der Waals surface area (Å²) in [7, 11) is 0. The maximum atomic E-state index is 11.7. The second-order valence-corrected chi connectivity index (χ2v) is 5.03. The molecule has 20 heavy (non-hydrogen) atoms. The Bertz CT molecular complexity index is 632. The van der Waals surface area contributed by atoms with Gasteiger partial charge >= 0.3 is 0 Å². The van der Waals surface area contributed by atoms with Gasteiger partial charge in [0.05, 0.1) is 24.1 Å². The number of nitrogens with one attached hydrogen (secondary N) is 1. The maximum absolute atomic E-state index is 11.7. The van der Waals surface area contributed by atoms with Crippen molar-refractivity contribution in [2.45, 2.75) is 18.5 Å². The highest BCUT2D eigenvalue weighted by atomic mass is 32.2. The van der Waals surface area contributed by atoms with E-state index in [1.54, 1.807) is 30.5 Å². The Morgan fingerprint density at radius 3 is 3.05 bits per heavy atom. The molecule has 0 aliphatic carbocycles. The summed E-state index contributed by atoms with van der Waals surface area (Å²) in [5, 5.41) is 12.3. The second-order valence-electron chi connectivity index (χ2n) is 4.06. The average molecular weight is 287 g/mol. The number of thioether (sulfide) groups is 1. The van der Waals surface area contributed by atoms with Gasteiger partial charge in [0, 0.05) is 5.69 Å². The van der Waals surface area contributed by atoms with Crippen LogP contribution in [0.4, 0.5) is 0 Å². The lowest BCUT2D eigenvalue weighted by Gasteiger charge is -2.05. The molecule has 0 radical (unpaired) electrons. The molecule has 0 fully saturated rings. The highest BCUT2D eigenvalue weighted by molar-refractivity contribution is 7.99. The van der Waals surface area contributed by atoms with Gasteiger partial charge in [0.25, 0.3) is 0 Å². The first-order valence-electron chi connectivity index (χ1n) is 5.98. The Balaban J connectivity index is 1.87. The Hall–Kier alpha value is -2.26. The van der Waals surface area contributed by atoms with Gasteiger partial charge in [-0.1, -0.05) is 11.8 Å². The fraction of sp³-hybridized carbons (Fsp3) is 0.214. The van der Waals surface area contributed by atoms with Crippen molar-refractivity contribution < 1.29 is 9.21 Å². The Morgan fingerprint density at radius 2 is 2.35 bits per heavy atom. The van der Waals surface area contributed by atoms with Crippen LogP contribution < -0.4 is 5.32 Å². The van der Waals surface area contributed by atoms with Crippen LogP contribution in [0.2, 0.25) is 0 Å². The number of amides is 1. The number of carbonyl (C=O) groups excluding carboxylic acids is 1. The molecule has 0 saturated heterocycles. The van der Waals surface area contributed by atoms with E-state index in [-0.39, 0.29) is 11.7 Å². The molecule has 0 saturated carbocycles. The predicted octanol–water partition coefficient (Wildman–Crippen LogP) is 2.26. The third-order valence-corrected chi connectivity index (χ3v) is 3.49. The van der Waals surface area contributed by atoms with Crippen LogP contribution in [0.15, 0.2) is 40.0 Å². The second kappa shape index (κ2) is 6.78. The van der Waals surface area contributed by atoms with E-state index in [4.69, 9.17) is 9.68 Å². The maximum Gasteiger partial charge on any atom is 0.230 e. The average Bonchev–Trinajstić information content (AvgIpc) is 2.96. The van der Waals surface area contributed by atoms with Crippen molar-refractivity contribution in [3.63, 3.8) is 0 Å². The van der Waals surface area contributed by atoms with Crippen LogP contribution in [0.5, 0.6) is 0 Å². The van der Waals surface area contributed by atoms with Crippen LogP contribution in [0.25, 0.3) is 0 Å². The molecule has 0 aliphatic heterocycles. The molecule has 0 atom stereocenters. The van der Waals surface area contributed by atoms with Gasteiger partial charge in [0.15, 0.2) is 0 Å². The predicted molar refractivity (Wildman–Crippen MR) is 75.0 cm³/mol. The first kappa shape index (κ1) is 14.2. The van der Waals surface area contributed by atoms with Crippen molar-refractivity contribution in [3.05, 3.63) is 47.5 Å². The first-order chi connectivity index (χ1) is 9.69. The molecule has 2 heterocycles. The van der Waals surface area contributed by atoms with Crippen LogP contribution in [-0.4, -0.2) is 16.6 Å². The summed E-state index contributed by atoms with van der Waals surface area (Å²) in [5.41, 5.74) is 1.31. The largest absolute Gasteiger partial charge is 0.467 e. The molecule has 1 N–H and O–H groups in total. The summed E-state index contributed by atoms with van der Waals surface area (Å²) >= 11 is 1.25. The van der Waals surface area contributed by atoms with Gasteiger partial charge in [-0.15, -0.1) is 0 Å². The fourth-order valence-corrected chi connectivity index (χ4v) is 2.36. The molecule has 6 heteroatoms. The van der Waals surface area contributed by atoms with Gasteiger partial charge in [0.2, 0.25) is 5.91 Å². The number of aromatic nitrogens is 1. The summed E-state index contributed by atoms with van der Waals surface area (Å²) < 4.78 is 5.12. The normalized spacial score (nSPS) is 10.0. The Morgan fingerprint density at radius 1 is 1.50 bits per heavy atom. The van der Waals surface area contributed by atoms with E-state index in [0.717, 1.165) is 5.69 Å². The topological polar surface area (TPSA) is 78.9 Å². The third-order valence-electron chi connectivity index (χ3n) is 2.50. The van der Waals surface area contributed by atoms with Crippen LogP contribution in [0, 0.1) is 18.3 Å². The first-order valence-corrected chi connectivity index (χ1v) is 6.97. The fourth-order valence-electron chi connectivity index (χ4n) is 1.51. The van der Waals surface area contributed by atoms with Gasteiger partial charge in [-0.25, -0.2) is 4.98 Å². The zero-order valence-corrected chi connectivity index (χ0v) is 11.7. The third kappa shape index (κ3) is 3.87. The van der Waals surface area contributed by atoms with Crippen molar-refractivity contribution in [1.82, 2.24) is 10.3 Å². The van der Waals surface area contributed by atoms with Crippen molar-refractivity contribution in [1.29, 1.82) is 5.26 Å². The van der Waals surface area contributed by atoms with Gasteiger partial charge in [-0.05, 0) is 31.2 Å². The number of pyridine rings is 1. The SMILES string of the molecule is Cc1ccc(C#N)c(SCC(=O)NCc2ccco2)n1. The smallest absolute Gasteiger partial charge is 0.230 e. The standard InChI is InChI=1S/C14H13N3O2S/c1-10-4-5-11(7-15)14(17-10)20-9-13(18)16-8-12-3-2-6-19-12/h2-6H,8-9H2,1H3,(H,16,18). The summed E-state index contributed by atoms with van der Waals surface area (Å²) in [6.45, 7) is 2.21. The molecule has 0 aromatic carbocycles. The van der Waals surface area contributed by atoms with Gasteiger partial charge in [0.1, 0.15) is 16.9 Å². The summed E-state index contributed by atoms with van der Waals surface area (Å²) in [6.07, 6.45) is 1.56. The zero-order chi connectivity index (χ0) is 14.4. The quantitative estimate of drug-likeness (QED) is 0.853. The minimum Gasteiger partial charge on any atom is -0.467 e. The van der Waals surface area contributed by atoms with E-state index in [1.807, 2.05) is 6.92 Å². The Kier molecular flexibility index (Phi) is 4.80. The van der Waals surface area contributed by atoms with E-state index in [2.05, 4.69) is 16.4 Å². The van der Waals surface area contributed by atoms with E-state index in [9.17, 15) is 4.79 Å². The highest BCUT2D eigenvalue weighted by Crippen LogP contribution is 2.20. The lowest BCUT2D eigenvalue weighted by Crippen LogP contribution is -2.24. The minimum absolute atomic E-state index is 0.126. The van der Waals surface area contributed by atoms with Crippen LogP contribution in [0.3, 0.4) is 0 Å². The number of hydrogen-bond acceptors (Lipinski definition) is 5. The number of hydrogen-bond donors (Lipinski definition) is 1. The van der Waals surface area contributed by atoms with Crippen molar-refractivity contribution >= 4 is 17.7 Å². The molecule has 102 valence electrons. The molecule has 2 aromatic heterocycles. The van der Waals surface area contributed by atoms with E-state index >= 15 is 0 Å². The van der Waals surface area contributed by atoms with E-state index in [0.29, 0.717) is 22.9 Å².